The first kappa shape index (κ1) is 16.8. The Morgan fingerprint density at radius 1 is 1.24 bits per heavy atom. The van der Waals surface area contributed by atoms with E-state index in [0.29, 0.717) is 16.8 Å². The number of benzene rings is 1. The maximum absolute atomic E-state index is 13.8. The summed E-state index contributed by atoms with van der Waals surface area (Å²) in [6, 6.07) is 11.2. The smallest absolute Gasteiger partial charge is 0.257 e. The molecule has 0 unspecified atom stereocenters. The highest BCUT2D eigenvalue weighted by Gasteiger charge is 2.27. The average molecular weight is 338 g/mol. The Bertz CT molecular complexity index is 891. The second kappa shape index (κ2) is 6.84. The SMILES string of the molecule is Cc1c(C(=O)N(C)[C@@H](c2cccc(F)c2)c2ccccn2)cnn1C. The maximum Gasteiger partial charge on any atom is 0.257 e. The van der Waals surface area contributed by atoms with Crippen LogP contribution in [-0.2, 0) is 7.05 Å². The fourth-order valence-corrected chi connectivity index (χ4v) is 2.82. The van der Waals surface area contributed by atoms with Crippen LogP contribution in [0.3, 0.4) is 0 Å². The molecule has 5 nitrogen and oxygen atoms in total. The van der Waals surface area contributed by atoms with Crippen LogP contribution in [0.5, 0.6) is 0 Å². The number of amides is 1. The van der Waals surface area contributed by atoms with Crippen molar-refractivity contribution in [1.29, 1.82) is 0 Å². The summed E-state index contributed by atoms with van der Waals surface area (Å²) in [4.78, 5) is 18.9. The van der Waals surface area contributed by atoms with E-state index in [-0.39, 0.29) is 11.7 Å². The van der Waals surface area contributed by atoms with E-state index < -0.39 is 6.04 Å². The number of rotatable bonds is 4. The molecule has 0 saturated heterocycles. The molecule has 1 amide bonds. The summed E-state index contributed by atoms with van der Waals surface area (Å²) in [6.07, 6.45) is 3.21. The first-order valence-corrected chi connectivity index (χ1v) is 7.91. The summed E-state index contributed by atoms with van der Waals surface area (Å²) >= 11 is 0. The Labute approximate surface area is 145 Å². The minimum atomic E-state index is -0.496. The van der Waals surface area contributed by atoms with Gasteiger partial charge in [-0.15, -0.1) is 0 Å². The van der Waals surface area contributed by atoms with Gasteiger partial charge in [-0.2, -0.15) is 5.10 Å². The van der Waals surface area contributed by atoms with E-state index in [1.54, 1.807) is 54.3 Å². The quantitative estimate of drug-likeness (QED) is 0.734. The molecule has 2 aromatic heterocycles. The van der Waals surface area contributed by atoms with Crippen molar-refractivity contribution in [3.05, 3.63) is 83.2 Å². The lowest BCUT2D eigenvalue weighted by molar-refractivity contribution is 0.0751. The Hall–Kier alpha value is -3.02. The summed E-state index contributed by atoms with van der Waals surface area (Å²) in [5, 5.41) is 4.13. The van der Waals surface area contributed by atoms with E-state index in [4.69, 9.17) is 0 Å². The van der Waals surface area contributed by atoms with Crippen LogP contribution in [0, 0.1) is 12.7 Å². The Morgan fingerprint density at radius 2 is 2.04 bits per heavy atom. The van der Waals surface area contributed by atoms with Gasteiger partial charge in [0.15, 0.2) is 0 Å². The highest BCUT2D eigenvalue weighted by Crippen LogP contribution is 2.28. The minimum Gasteiger partial charge on any atom is -0.329 e. The van der Waals surface area contributed by atoms with Gasteiger partial charge >= 0.3 is 0 Å². The third kappa shape index (κ3) is 3.28. The molecule has 128 valence electrons. The van der Waals surface area contributed by atoms with E-state index in [1.807, 2.05) is 19.1 Å². The van der Waals surface area contributed by atoms with Crippen LogP contribution in [0.15, 0.2) is 54.9 Å². The van der Waals surface area contributed by atoms with Crippen LogP contribution in [-0.4, -0.2) is 32.6 Å². The number of carbonyl (C=O) groups excluding carboxylic acids is 1. The van der Waals surface area contributed by atoms with E-state index in [2.05, 4.69) is 10.1 Å². The standard InChI is InChI=1S/C19H19FN4O/c1-13-16(12-22-24(13)3)19(25)23(2)18(17-9-4-5-10-21-17)14-7-6-8-15(20)11-14/h4-12,18H,1-3H3/t18-/m0/s1. The van der Waals surface area contributed by atoms with Gasteiger partial charge in [0, 0.05) is 26.0 Å². The highest BCUT2D eigenvalue weighted by molar-refractivity contribution is 5.95. The van der Waals surface area contributed by atoms with E-state index in [9.17, 15) is 9.18 Å². The molecule has 3 aromatic rings. The molecule has 2 heterocycles. The fraction of sp³-hybridized carbons (Fsp3) is 0.211. The predicted octanol–water partition coefficient (Wildman–Crippen LogP) is 3.12. The van der Waals surface area contributed by atoms with Gasteiger partial charge in [-0.05, 0) is 36.8 Å². The number of hydrogen-bond acceptors (Lipinski definition) is 3. The number of aromatic nitrogens is 3. The number of carbonyl (C=O) groups is 1. The van der Waals surface area contributed by atoms with Gasteiger partial charge < -0.3 is 4.90 Å². The summed E-state index contributed by atoms with van der Waals surface area (Å²) in [7, 11) is 3.48. The van der Waals surface area contributed by atoms with E-state index in [1.165, 1.54) is 12.1 Å². The van der Waals surface area contributed by atoms with Crippen molar-refractivity contribution in [1.82, 2.24) is 19.7 Å². The van der Waals surface area contributed by atoms with Gasteiger partial charge in [-0.1, -0.05) is 18.2 Å². The molecule has 0 fully saturated rings. The molecule has 25 heavy (non-hydrogen) atoms. The van der Waals surface area contributed by atoms with Crippen LogP contribution in [0.4, 0.5) is 4.39 Å². The van der Waals surface area contributed by atoms with Gasteiger partial charge in [-0.25, -0.2) is 4.39 Å². The largest absolute Gasteiger partial charge is 0.329 e. The predicted molar refractivity (Wildman–Crippen MR) is 92.5 cm³/mol. The van der Waals surface area contributed by atoms with Crippen molar-refractivity contribution in [3.8, 4) is 0 Å². The molecule has 1 atom stereocenters. The molecule has 0 bridgehead atoms. The monoisotopic (exact) mass is 338 g/mol. The van der Waals surface area contributed by atoms with Crippen molar-refractivity contribution < 1.29 is 9.18 Å². The molecule has 3 rings (SSSR count). The Morgan fingerprint density at radius 3 is 2.64 bits per heavy atom. The lowest BCUT2D eigenvalue weighted by Crippen LogP contribution is -2.32. The van der Waals surface area contributed by atoms with E-state index in [0.717, 1.165) is 5.69 Å². The van der Waals surface area contributed by atoms with Gasteiger partial charge in [0.2, 0.25) is 0 Å². The van der Waals surface area contributed by atoms with Crippen molar-refractivity contribution >= 4 is 5.91 Å². The lowest BCUT2D eigenvalue weighted by atomic mass is 10.0. The summed E-state index contributed by atoms with van der Waals surface area (Å²) in [6.45, 7) is 1.84. The van der Waals surface area contributed by atoms with Crippen molar-refractivity contribution in [2.24, 2.45) is 7.05 Å². The molecule has 0 aliphatic carbocycles. The fourth-order valence-electron chi connectivity index (χ4n) is 2.82. The van der Waals surface area contributed by atoms with Crippen molar-refractivity contribution in [2.75, 3.05) is 7.05 Å². The second-order valence-corrected chi connectivity index (χ2v) is 5.90. The van der Waals surface area contributed by atoms with Gasteiger partial charge in [0.25, 0.3) is 5.91 Å². The molecule has 0 spiro atoms. The molecule has 6 heteroatoms. The average Bonchev–Trinajstić information content (AvgIpc) is 2.94. The van der Waals surface area contributed by atoms with Crippen LogP contribution in [0.2, 0.25) is 0 Å². The molecule has 0 aliphatic rings. The molecule has 0 N–H and O–H groups in total. The minimum absolute atomic E-state index is 0.189. The number of aryl methyl sites for hydroxylation is 1. The van der Waals surface area contributed by atoms with Crippen LogP contribution >= 0.6 is 0 Å². The Kier molecular flexibility index (Phi) is 4.61. The molecular weight excluding hydrogens is 319 g/mol. The van der Waals surface area contributed by atoms with Gasteiger partial charge in [-0.3, -0.25) is 14.5 Å². The van der Waals surface area contributed by atoms with Gasteiger partial charge in [0.05, 0.1) is 23.5 Å². The molecule has 0 saturated carbocycles. The summed E-state index contributed by atoms with van der Waals surface area (Å²) < 4.78 is 15.4. The normalized spacial score (nSPS) is 12.0. The third-order valence-electron chi connectivity index (χ3n) is 4.31. The molecule has 1 aromatic carbocycles. The summed E-state index contributed by atoms with van der Waals surface area (Å²) in [5.41, 5.74) is 2.62. The molecular formula is C19H19FN4O. The zero-order valence-corrected chi connectivity index (χ0v) is 14.3. The number of halogens is 1. The molecule has 0 aliphatic heterocycles. The zero-order chi connectivity index (χ0) is 18.0. The van der Waals surface area contributed by atoms with E-state index >= 15 is 0 Å². The first-order chi connectivity index (χ1) is 12.0. The van der Waals surface area contributed by atoms with Gasteiger partial charge in [0.1, 0.15) is 5.82 Å². The maximum atomic E-state index is 13.8. The highest BCUT2D eigenvalue weighted by atomic mass is 19.1. The third-order valence-corrected chi connectivity index (χ3v) is 4.31. The molecule has 0 radical (unpaired) electrons. The Balaban J connectivity index is 2.05. The number of hydrogen-bond donors (Lipinski definition) is 0. The van der Waals surface area contributed by atoms with Crippen molar-refractivity contribution in [2.45, 2.75) is 13.0 Å². The number of nitrogens with zero attached hydrogens (tertiary/aromatic N) is 4. The lowest BCUT2D eigenvalue weighted by Gasteiger charge is -2.28. The van der Waals surface area contributed by atoms with Crippen LogP contribution in [0.1, 0.15) is 33.4 Å². The van der Waals surface area contributed by atoms with Crippen molar-refractivity contribution in [3.63, 3.8) is 0 Å². The summed E-state index contributed by atoms with van der Waals surface area (Å²) in [5.74, 6) is -0.539. The second-order valence-electron chi connectivity index (χ2n) is 5.90. The first-order valence-electron chi connectivity index (χ1n) is 7.91. The topological polar surface area (TPSA) is 51.0 Å². The number of pyridine rings is 1. The van der Waals surface area contributed by atoms with Crippen LogP contribution < -0.4 is 0 Å². The zero-order valence-electron chi connectivity index (χ0n) is 14.3. The van der Waals surface area contributed by atoms with Crippen LogP contribution in [0.25, 0.3) is 0 Å².